The van der Waals surface area contributed by atoms with Crippen LogP contribution >= 0.6 is 22.9 Å². The topological polar surface area (TPSA) is 38.3 Å². The van der Waals surface area contributed by atoms with E-state index in [4.69, 9.17) is 16.3 Å². The molecule has 0 saturated carbocycles. The highest BCUT2D eigenvalue weighted by Gasteiger charge is 2.16. The van der Waals surface area contributed by atoms with Crippen LogP contribution in [-0.2, 0) is 4.74 Å². The van der Waals surface area contributed by atoms with Gasteiger partial charge in [-0.05, 0) is 31.5 Å². The number of nitrogens with one attached hydrogen (secondary N) is 1. The Bertz CT molecular complexity index is 614. The molecule has 1 aromatic heterocycles. The van der Waals surface area contributed by atoms with Crippen molar-refractivity contribution in [3.8, 4) is 0 Å². The Morgan fingerprint density at radius 3 is 3.05 bits per heavy atom. The zero-order valence-electron chi connectivity index (χ0n) is 11.0. The summed E-state index contributed by atoms with van der Waals surface area (Å²) in [6.45, 7) is 3.73. The van der Waals surface area contributed by atoms with Gasteiger partial charge in [0.2, 0.25) is 0 Å². The van der Waals surface area contributed by atoms with E-state index in [-0.39, 0.29) is 11.7 Å². The van der Waals surface area contributed by atoms with Gasteiger partial charge < -0.3 is 10.1 Å². The predicted octanol–water partition coefficient (Wildman–Crippen LogP) is 3.85. The van der Waals surface area contributed by atoms with Crippen molar-refractivity contribution in [2.45, 2.75) is 13.3 Å². The van der Waals surface area contributed by atoms with Crippen LogP contribution in [0.25, 0.3) is 10.1 Å². The molecule has 2 rings (SSSR count). The molecule has 0 unspecified atom stereocenters. The number of hydrogen-bond donors (Lipinski definition) is 1. The third-order valence-electron chi connectivity index (χ3n) is 2.75. The molecule has 1 amide bonds. The normalized spacial score (nSPS) is 10.9. The molecule has 0 bridgehead atoms. The Labute approximate surface area is 125 Å². The molecule has 1 aromatic carbocycles. The number of carbonyl (C=O) groups is 1. The second-order valence-corrected chi connectivity index (χ2v) is 5.62. The Morgan fingerprint density at radius 2 is 2.30 bits per heavy atom. The maximum Gasteiger partial charge on any atom is 0.262 e. The van der Waals surface area contributed by atoms with Crippen molar-refractivity contribution in [1.82, 2.24) is 5.32 Å². The van der Waals surface area contributed by atoms with Crippen molar-refractivity contribution in [2.75, 3.05) is 19.8 Å². The highest BCUT2D eigenvalue weighted by molar-refractivity contribution is 7.21. The summed E-state index contributed by atoms with van der Waals surface area (Å²) in [5.74, 6) is -0.563. The zero-order chi connectivity index (χ0) is 14.5. The molecule has 2 aromatic rings. The van der Waals surface area contributed by atoms with Crippen LogP contribution in [-0.4, -0.2) is 25.7 Å². The van der Waals surface area contributed by atoms with Crippen molar-refractivity contribution < 1.29 is 13.9 Å². The monoisotopic (exact) mass is 315 g/mol. The molecule has 0 atom stereocenters. The van der Waals surface area contributed by atoms with Crippen molar-refractivity contribution in [1.29, 1.82) is 0 Å². The number of amides is 1. The van der Waals surface area contributed by atoms with Gasteiger partial charge in [0.1, 0.15) is 10.7 Å². The first kappa shape index (κ1) is 15.2. The molecule has 0 aliphatic carbocycles. The number of ether oxygens (including phenoxy) is 1. The molecule has 0 aliphatic heterocycles. The van der Waals surface area contributed by atoms with Gasteiger partial charge in [-0.25, -0.2) is 4.39 Å². The number of halogens is 2. The summed E-state index contributed by atoms with van der Waals surface area (Å²) >= 11 is 7.37. The third-order valence-corrected chi connectivity index (χ3v) is 4.41. The standard InChI is InChI=1S/C14H15ClFNO2S/c1-2-19-7-3-6-17-14(18)13-12(15)10-5-4-9(16)8-11(10)20-13/h4-5,8H,2-3,6-7H2,1H3,(H,17,18). The van der Waals surface area contributed by atoms with Crippen LogP contribution < -0.4 is 5.32 Å². The highest BCUT2D eigenvalue weighted by atomic mass is 35.5. The number of fused-ring (bicyclic) bond motifs is 1. The van der Waals surface area contributed by atoms with E-state index in [1.54, 1.807) is 6.07 Å². The average Bonchev–Trinajstić information content (AvgIpc) is 2.75. The fraction of sp³-hybridized carbons (Fsp3) is 0.357. The number of carbonyl (C=O) groups excluding carboxylic acids is 1. The fourth-order valence-electron chi connectivity index (χ4n) is 1.79. The van der Waals surface area contributed by atoms with Gasteiger partial charge in [0.15, 0.2) is 0 Å². The molecule has 0 spiro atoms. The predicted molar refractivity (Wildman–Crippen MR) is 80.2 cm³/mol. The molecular weight excluding hydrogens is 301 g/mol. The largest absolute Gasteiger partial charge is 0.382 e. The number of benzene rings is 1. The van der Waals surface area contributed by atoms with Gasteiger partial charge in [-0.15, -0.1) is 11.3 Å². The summed E-state index contributed by atoms with van der Waals surface area (Å²) in [6.07, 6.45) is 0.747. The lowest BCUT2D eigenvalue weighted by molar-refractivity contribution is 0.0948. The smallest absolute Gasteiger partial charge is 0.262 e. The first-order valence-corrected chi connectivity index (χ1v) is 7.56. The van der Waals surface area contributed by atoms with Crippen LogP contribution in [0.1, 0.15) is 23.0 Å². The SMILES string of the molecule is CCOCCCNC(=O)c1sc2cc(F)ccc2c1Cl. The van der Waals surface area contributed by atoms with E-state index < -0.39 is 0 Å². The van der Waals surface area contributed by atoms with Crippen LogP contribution in [0.2, 0.25) is 5.02 Å². The molecular formula is C14H15ClFNO2S. The second kappa shape index (κ2) is 7.02. The lowest BCUT2D eigenvalue weighted by Gasteiger charge is -2.04. The molecule has 1 heterocycles. The van der Waals surface area contributed by atoms with Gasteiger partial charge in [0, 0.05) is 29.8 Å². The molecule has 0 fully saturated rings. The summed E-state index contributed by atoms with van der Waals surface area (Å²) in [6, 6.07) is 4.32. The quantitative estimate of drug-likeness (QED) is 0.822. The van der Waals surface area contributed by atoms with Crippen molar-refractivity contribution >= 4 is 38.9 Å². The molecule has 20 heavy (non-hydrogen) atoms. The maximum atomic E-state index is 13.1. The summed E-state index contributed by atoms with van der Waals surface area (Å²) in [5.41, 5.74) is 0. The lowest BCUT2D eigenvalue weighted by atomic mass is 10.2. The summed E-state index contributed by atoms with van der Waals surface area (Å²) < 4.78 is 19.0. The number of rotatable bonds is 6. The van der Waals surface area contributed by atoms with E-state index in [1.807, 2.05) is 6.92 Å². The molecule has 1 N–H and O–H groups in total. The van der Waals surface area contributed by atoms with E-state index in [1.165, 1.54) is 23.5 Å². The molecule has 0 saturated heterocycles. The number of hydrogen-bond acceptors (Lipinski definition) is 3. The van der Waals surface area contributed by atoms with Gasteiger partial charge in [0.05, 0.1) is 5.02 Å². The van der Waals surface area contributed by atoms with E-state index in [2.05, 4.69) is 5.32 Å². The maximum absolute atomic E-state index is 13.1. The van der Waals surface area contributed by atoms with Crippen LogP contribution in [0.5, 0.6) is 0 Å². The Balaban J connectivity index is 2.04. The molecule has 0 radical (unpaired) electrons. The van der Waals surface area contributed by atoms with Crippen molar-refractivity contribution in [3.05, 3.63) is 33.9 Å². The third kappa shape index (κ3) is 3.48. The molecule has 108 valence electrons. The first-order chi connectivity index (χ1) is 9.63. The van der Waals surface area contributed by atoms with E-state index in [9.17, 15) is 9.18 Å². The Kier molecular flexibility index (Phi) is 5.34. The van der Waals surface area contributed by atoms with Crippen LogP contribution in [0, 0.1) is 5.82 Å². The van der Waals surface area contributed by atoms with Crippen molar-refractivity contribution in [2.24, 2.45) is 0 Å². The summed E-state index contributed by atoms with van der Waals surface area (Å²) in [5, 5.41) is 3.88. The zero-order valence-corrected chi connectivity index (χ0v) is 12.6. The minimum atomic E-state index is -0.334. The van der Waals surface area contributed by atoms with Crippen LogP contribution in [0.15, 0.2) is 18.2 Å². The minimum Gasteiger partial charge on any atom is -0.382 e. The van der Waals surface area contributed by atoms with Gasteiger partial charge in [0.25, 0.3) is 5.91 Å². The van der Waals surface area contributed by atoms with E-state index in [0.29, 0.717) is 39.7 Å². The molecule has 0 aliphatic rings. The average molecular weight is 316 g/mol. The summed E-state index contributed by atoms with van der Waals surface area (Å²) in [4.78, 5) is 12.5. The first-order valence-electron chi connectivity index (χ1n) is 6.37. The van der Waals surface area contributed by atoms with Gasteiger partial charge in [-0.2, -0.15) is 0 Å². The van der Waals surface area contributed by atoms with Gasteiger partial charge in [-0.1, -0.05) is 11.6 Å². The molecule has 3 nitrogen and oxygen atoms in total. The Morgan fingerprint density at radius 1 is 1.50 bits per heavy atom. The lowest BCUT2D eigenvalue weighted by Crippen LogP contribution is -2.24. The van der Waals surface area contributed by atoms with Gasteiger partial charge in [-0.3, -0.25) is 4.79 Å². The fourth-order valence-corrected chi connectivity index (χ4v) is 3.24. The molecule has 6 heteroatoms. The van der Waals surface area contributed by atoms with Crippen LogP contribution in [0.3, 0.4) is 0 Å². The second-order valence-electron chi connectivity index (χ2n) is 4.19. The van der Waals surface area contributed by atoms with E-state index >= 15 is 0 Å². The van der Waals surface area contributed by atoms with Gasteiger partial charge >= 0.3 is 0 Å². The highest BCUT2D eigenvalue weighted by Crippen LogP contribution is 2.35. The minimum absolute atomic E-state index is 0.229. The number of thiophene rings is 1. The van der Waals surface area contributed by atoms with E-state index in [0.717, 1.165) is 6.42 Å². The summed E-state index contributed by atoms with van der Waals surface area (Å²) in [7, 11) is 0. The van der Waals surface area contributed by atoms with Crippen LogP contribution in [0.4, 0.5) is 4.39 Å². The van der Waals surface area contributed by atoms with Crippen molar-refractivity contribution in [3.63, 3.8) is 0 Å². The Hall–Kier alpha value is -1.17.